The zero-order valence-electron chi connectivity index (χ0n) is 11.6. The topological polar surface area (TPSA) is 93.7 Å². The molecule has 9 heteroatoms. The molecule has 1 aromatic rings. The van der Waals surface area contributed by atoms with Crippen molar-refractivity contribution in [3.63, 3.8) is 0 Å². The first-order valence-corrected chi connectivity index (χ1v) is 5.63. The first kappa shape index (κ1) is 15.3. The lowest BCUT2D eigenvalue weighted by atomic mass is 10.7. The second-order valence-corrected chi connectivity index (χ2v) is 3.62. The summed E-state index contributed by atoms with van der Waals surface area (Å²) in [4.78, 5) is 14.4. The fraction of sp³-hybridized carbons (Fsp3) is 0.700. The Bertz CT molecular complexity index is 352. The molecular formula is C10H20N6O3. The number of aromatic nitrogens is 3. The van der Waals surface area contributed by atoms with Gasteiger partial charge in [-0.25, -0.2) is 0 Å². The third kappa shape index (κ3) is 5.20. The number of rotatable bonds is 9. The molecule has 0 fully saturated rings. The lowest BCUT2D eigenvalue weighted by Gasteiger charge is -2.17. The average Bonchev–Trinajstić information content (AvgIpc) is 2.43. The van der Waals surface area contributed by atoms with Crippen LogP contribution in [0.15, 0.2) is 0 Å². The number of anilines is 3. The molecule has 0 aliphatic rings. The number of ether oxygens (including phenoxy) is 3. The van der Waals surface area contributed by atoms with Crippen LogP contribution in [0.25, 0.3) is 0 Å². The molecule has 0 atom stereocenters. The number of hydrogen-bond donors (Lipinski definition) is 2. The summed E-state index contributed by atoms with van der Waals surface area (Å²) in [6.07, 6.45) is 0. The number of methoxy groups -OCH3 is 3. The van der Waals surface area contributed by atoms with Crippen LogP contribution in [0.2, 0.25) is 0 Å². The summed E-state index contributed by atoms with van der Waals surface area (Å²) < 4.78 is 14.9. The zero-order valence-corrected chi connectivity index (χ0v) is 11.6. The van der Waals surface area contributed by atoms with Crippen molar-refractivity contribution in [1.29, 1.82) is 0 Å². The first-order valence-electron chi connectivity index (χ1n) is 5.63. The van der Waals surface area contributed by atoms with E-state index in [4.69, 9.17) is 14.2 Å². The summed E-state index contributed by atoms with van der Waals surface area (Å²) in [5, 5.41) is 5.83. The maximum Gasteiger partial charge on any atom is 0.233 e. The van der Waals surface area contributed by atoms with E-state index < -0.39 is 0 Å². The van der Waals surface area contributed by atoms with E-state index in [9.17, 15) is 0 Å². The zero-order chi connectivity index (χ0) is 14.1. The van der Waals surface area contributed by atoms with Gasteiger partial charge in [0.05, 0.1) is 0 Å². The number of nitrogens with zero attached hydrogens (tertiary/aromatic N) is 4. The number of hydrogen-bond acceptors (Lipinski definition) is 9. The standard InChI is InChI=1S/C10H20N6O3/c1-16(7-19-4)10-14-8(11-5-17-2)13-9(15-10)12-6-18-3/h5-7H2,1-4H3,(H2,11,12,13,14,15). The summed E-state index contributed by atoms with van der Waals surface area (Å²) in [6.45, 7) is 0.986. The maximum atomic E-state index is 5.04. The summed E-state index contributed by atoms with van der Waals surface area (Å²) in [5.41, 5.74) is 0. The van der Waals surface area contributed by atoms with Crippen LogP contribution < -0.4 is 15.5 Å². The van der Waals surface area contributed by atoms with Crippen LogP contribution in [0, 0.1) is 0 Å². The summed E-state index contributed by atoms with van der Waals surface area (Å²) in [6, 6.07) is 0. The molecule has 0 radical (unpaired) electrons. The van der Waals surface area contributed by atoms with Gasteiger partial charge in [-0.15, -0.1) is 0 Å². The fourth-order valence-electron chi connectivity index (χ4n) is 1.22. The molecule has 1 heterocycles. The highest BCUT2D eigenvalue weighted by Gasteiger charge is 2.09. The second-order valence-electron chi connectivity index (χ2n) is 3.62. The minimum absolute atomic E-state index is 0.307. The fourth-order valence-corrected chi connectivity index (χ4v) is 1.22. The van der Waals surface area contributed by atoms with Crippen molar-refractivity contribution in [2.75, 3.05) is 64.1 Å². The van der Waals surface area contributed by atoms with Gasteiger partial charge in [-0.2, -0.15) is 15.0 Å². The van der Waals surface area contributed by atoms with E-state index >= 15 is 0 Å². The minimum Gasteiger partial charge on any atom is -0.364 e. The Kier molecular flexibility index (Phi) is 6.79. The van der Waals surface area contributed by atoms with E-state index in [1.807, 2.05) is 7.05 Å². The molecule has 0 unspecified atom stereocenters. The van der Waals surface area contributed by atoms with Gasteiger partial charge in [0.1, 0.15) is 20.2 Å². The van der Waals surface area contributed by atoms with E-state index in [-0.39, 0.29) is 0 Å². The molecule has 0 aliphatic carbocycles. The van der Waals surface area contributed by atoms with Crippen LogP contribution in [-0.2, 0) is 14.2 Å². The van der Waals surface area contributed by atoms with Crippen LogP contribution in [0.5, 0.6) is 0 Å². The minimum atomic E-state index is 0.307. The second kappa shape index (κ2) is 8.40. The Morgan fingerprint density at radius 3 is 1.84 bits per heavy atom. The highest BCUT2D eigenvalue weighted by atomic mass is 16.5. The predicted octanol–water partition coefficient (Wildman–Crippen LogP) is -0.0567. The highest BCUT2D eigenvalue weighted by molar-refractivity contribution is 5.42. The molecule has 0 saturated carbocycles. The van der Waals surface area contributed by atoms with E-state index in [2.05, 4.69) is 25.6 Å². The lowest BCUT2D eigenvalue weighted by Crippen LogP contribution is -2.24. The van der Waals surface area contributed by atoms with Gasteiger partial charge in [0, 0.05) is 28.4 Å². The molecule has 108 valence electrons. The molecule has 2 N–H and O–H groups in total. The smallest absolute Gasteiger partial charge is 0.233 e. The van der Waals surface area contributed by atoms with Gasteiger partial charge in [-0.3, -0.25) is 0 Å². The highest BCUT2D eigenvalue weighted by Crippen LogP contribution is 2.12. The molecular weight excluding hydrogens is 252 g/mol. The molecule has 9 nitrogen and oxygen atoms in total. The predicted molar refractivity (Wildman–Crippen MR) is 71.1 cm³/mol. The lowest BCUT2D eigenvalue weighted by molar-refractivity contribution is 0.201. The van der Waals surface area contributed by atoms with Gasteiger partial charge in [0.2, 0.25) is 17.8 Å². The third-order valence-electron chi connectivity index (χ3n) is 2.04. The van der Waals surface area contributed by atoms with Crippen molar-refractivity contribution in [1.82, 2.24) is 15.0 Å². The Balaban J connectivity index is 2.87. The Hall–Kier alpha value is -1.71. The van der Waals surface area contributed by atoms with Crippen LogP contribution in [0.3, 0.4) is 0 Å². The van der Waals surface area contributed by atoms with Gasteiger partial charge >= 0.3 is 0 Å². The Morgan fingerprint density at radius 2 is 1.42 bits per heavy atom. The van der Waals surface area contributed by atoms with E-state index in [1.165, 1.54) is 0 Å². The molecule has 1 aromatic heterocycles. The molecule has 19 heavy (non-hydrogen) atoms. The van der Waals surface area contributed by atoms with Gasteiger partial charge in [0.25, 0.3) is 0 Å². The van der Waals surface area contributed by atoms with Crippen LogP contribution >= 0.6 is 0 Å². The normalized spacial score (nSPS) is 10.3. The average molecular weight is 272 g/mol. The van der Waals surface area contributed by atoms with Crippen molar-refractivity contribution in [2.45, 2.75) is 0 Å². The van der Waals surface area contributed by atoms with Crippen molar-refractivity contribution < 1.29 is 14.2 Å². The van der Waals surface area contributed by atoms with Gasteiger partial charge in [-0.05, 0) is 0 Å². The van der Waals surface area contributed by atoms with Crippen molar-refractivity contribution >= 4 is 17.8 Å². The molecule has 0 amide bonds. The van der Waals surface area contributed by atoms with E-state index in [0.717, 1.165) is 0 Å². The summed E-state index contributed by atoms with van der Waals surface area (Å²) in [7, 11) is 6.58. The largest absolute Gasteiger partial charge is 0.364 e. The van der Waals surface area contributed by atoms with Gasteiger partial charge in [-0.1, -0.05) is 0 Å². The van der Waals surface area contributed by atoms with Crippen molar-refractivity contribution in [3.05, 3.63) is 0 Å². The number of nitrogens with one attached hydrogen (secondary N) is 2. The maximum absolute atomic E-state index is 5.04. The van der Waals surface area contributed by atoms with Crippen molar-refractivity contribution in [3.8, 4) is 0 Å². The SMILES string of the molecule is COCNc1nc(NCOC)nc(N(C)COC)n1. The van der Waals surface area contributed by atoms with Crippen LogP contribution in [0.4, 0.5) is 17.8 Å². The quantitative estimate of drug-likeness (QED) is 0.600. The summed E-state index contributed by atoms with van der Waals surface area (Å²) in [5.74, 6) is 1.30. The van der Waals surface area contributed by atoms with E-state index in [0.29, 0.717) is 38.0 Å². The molecule has 0 aliphatic heterocycles. The van der Waals surface area contributed by atoms with Crippen LogP contribution in [0.1, 0.15) is 0 Å². The molecule has 0 bridgehead atoms. The molecule has 0 aromatic carbocycles. The molecule has 1 rings (SSSR count). The third-order valence-corrected chi connectivity index (χ3v) is 2.04. The van der Waals surface area contributed by atoms with Gasteiger partial charge in [0.15, 0.2) is 0 Å². The van der Waals surface area contributed by atoms with E-state index in [1.54, 1.807) is 26.2 Å². The van der Waals surface area contributed by atoms with Gasteiger partial charge < -0.3 is 29.7 Å². The van der Waals surface area contributed by atoms with Crippen LogP contribution in [-0.4, -0.2) is 63.5 Å². The summed E-state index contributed by atoms with van der Waals surface area (Å²) >= 11 is 0. The molecule has 0 saturated heterocycles. The Labute approximate surface area is 112 Å². The van der Waals surface area contributed by atoms with Crippen molar-refractivity contribution in [2.24, 2.45) is 0 Å². The first-order chi connectivity index (χ1) is 9.21. The monoisotopic (exact) mass is 272 g/mol. The Morgan fingerprint density at radius 1 is 0.895 bits per heavy atom. The molecule has 0 spiro atoms.